The summed E-state index contributed by atoms with van der Waals surface area (Å²) in [5.41, 5.74) is 10.3. The maximum absolute atomic E-state index is 10.1. The number of pyridine rings is 1. The number of nitrogens with two attached hydrogens (primary N) is 1. The summed E-state index contributed by atoms with van der Waals surface area (Å²) in [6.07, 6.45) is 4.08. The zero-order valence-electron chi connectivity index (χ0n) is 21.1. The van der Waals surface area contributed by atoms with Gasteiger partial charge in [-0.25, -0.2) is 9.97 Å². The number of nitrogens with zero attached hydrogens (tertiary/aromatic N) is 5. The van der Waals surface area contributed by atoms with Crippen LogP contribution in [0.15, 0.2) is 52.8 Å². The van der Waals surface area contributed by atoms with Crippen molar-refractivity contribution in [3.63, 3.8) is 0 Å². The quantitative estimate of drug-likeness (QED) is 0.366. The average Bonchev–Trinajstić information content (AvgIpc) is 3.33. The molecule has 0 saturated carbocycles. The molecule has 0 unspecified atom stereocenters. The number of ether oxygens (including phenoxy) is 1. The van der Waals surface area contributed by atoms with Crippen molar-refractivity contribution in [1.82, 2.24) is 15.0 Å². The molecule has 1 atom stereocenters. The van der Waals surface area contributed by atoms with Crippen LogP contribution in [-0.4, -0.2) is 45.5 Å². The van der Waals surface area contributed by atoms with Crippen molar-refractivity contribution in [1.29, 1.82) is 0 Å². The lowest BCUT2D eigenvalue weighted by atomic mass is 10.1. The van der Waals surface area contributed by atoms with Crippen molar-refractivity contribution in [2.24, 2.45) is 10.7 Å². The Kier molecular flexibility index (Phi) is 8.63. The van der Waals surface area contributed by atoms with Gasteiger partial charge in [0.05, 0.1) is 34.1 Å². The summed E-state index contributed by atoms with van der Waals surface area (Å²) in [4.78, 5) is 20.8. The fourth-order valence-electron chi connectivity index (χ4n) is 4.29. The normalized spacial score (nSPS) is 14.6. The Morgan fingerprint density at radius 3 is 2.81 bits per heavy atom. The van der Waals surface area contributed by atoms with Crippen LogP contribution in [0.2, 0.25) is 5.02 Å². The van der Waals surface area contributed by atoms with Crippen LogP contribution in [0, 0.1) is 6.92 Å². The molecule has 3 N–H and O–H groups in total. The molecule has 1 aromatic carbocycles. The first-order valence-electron chi connectivity index (χ1n) is 12.1. The maximum Gasteiger partial charge on any atom is 0.163 e. The highest BCUT2D eigenvalue weighted by atomic mass is 35.5. The largest absolute Gasteiger partial charge is 0.491 e. The van der Waals surface area contributed by atoms with Gasteiger partial charge in [-0.3, -0.25) is 9.98 Å². The number of benzene rings is 1. The predicted molar refractivity (Wildman–Crippen MR) is 148 cm³/mol. The molecule has 37 heavy (non-hydrogen) atoms. The van der Waals surface area contributed by atoms with Crippen molar-refractivity contribution in [3.05, 3.63) is 75.3 Å². The summed E-state index contributed by atoms with van der Waals surface area (Å²) in [6, 6.07) is 9.28. The number of hydrogen-bond acceptors (Lipinski definition) is 8. The van der Waals surface area contributed by atoms with Gasteiger partial charge in [-0.1, -0.05) is 42.6 Å². The minimum atomic E-state index is -0.545. The van der Waals surface area contributed by atoms with E-state index in [-0.39, 0.29) is 11.6 Å². The smallest absolute Gasteiger partial charge is 0.163 e. The molecule has 0 saturated heterocycles. The second kappa shape index (κ2) is 11.9. The van der Waals surface area contributed by atoms with Crippen LogP contribution < -0.4 is 15.4 Å². The number of aliphatic hydroxyl groups is 1. The molecule has 0 bridgehead atoms. The lowest BCUT2D eigenvalue weighted by Gasteiger charge is -2.22. The standard InChI is InChI=1S/C27H30Cl2N6O2/c1-4-6-18(36)15-37-19-8-9-21(28)20(11-19)26-33-24(25(31-3)22(29)12-30)16(2)27(34-26)35-13-17-7-5-10-32-23(17)14-35/h5,7-12,18,36H,4,6,13-15,30H2,1-3H3/t18-/m1/s1. The van der Waals surface area contributed by atoms with Gasteiger partial charge < -0.3 is 20.5 Å². The van der Waals surface area contributed by atoms with Gasteiger partial charge in [0.15, 0.2) is 5.82 Å². The minimum absolute atomic E-state index is 0.183. The van der Waals surface area contributed by atoms with E-state index in [1.807, 2.05) is 19.9 Å². The summed E-state index contributed by atoms with van der Waals surface area (Å²) in [7, 11) is 1.64. The monoisotopic (exact) mass is 540 g/mol. The molecule has 0 spiro atoms. The molecule has 1 aliphatic heterocycles. The molecule has 2 aromatic heterocycles. The molecular formula is C27H30Cl2N6O2. The van der Waals surface area contributed by atoms with E-state index in [1.165, 1.54) is 6.20 Å². The Morgan fingerprint density at radius 1 is 1.30 bits per heavy atom. The molecule has 3 aromatic rings. The Hall–Kier alpha value is -3.20. The zero-order valence-corrected chi connectivity index (χ0v) is 22.6. The van der Waals surface area contributed by atoms with E-state index in [0.29, 0.717) is 53.1 Å². The molecule has 0 aliphatic carbocycles. The zero-order chi connectivity index (χ0) is 26.5. The third kappa shape index (κ3) is 5.87. The third-order valence-corrected chi connectivity index (χ3v) is 6.80. The second-order valence-corrected chi connectivity index (χ2v) is 9.61. The van der Waals surface area contributed by atoms with Crippen LogP contribution in [0.5, 0.6) is 5.75 Å². The van der Waals surface area contributed by atoms with Crippen molar-refractivity contribution < 1.29 is 9.84 Å². The molecule has 8 nitrogen and oxygen atoms in total. The van der Waals surface area contributed by atoms with Crippen molar-refractivity contribution in [3.8, 4) is 17.1 Å². The van der Waals surface area contributed by atoms with Gasteiger partial charge in [0.1, 0.15) is 23.9 Å². The number of hydrogen-bond donors (Lipinski definition) is 2. The number of aliphatic imine (C=N–C) groups is 1. The van der Waals surface area contributed by atoms with E-state index >= 15 is 0 Å². The van der Waals surface area contributed by atoms with E-state index in [4.69, 9.17) is 43.6 Å². The molecule has 0 amide bonds. The Balaban J connectivity index is 1.81. The first kappa shape index (κ1) is 26.9. The van der Waals surface area contributed by atoms with E-state index in [2.05, 4.69) is 20.9 Å². The average molecular weight is 541 g/mol. The molecule has 0 radical (unpaired) electrons. The van der Waals surface area contributed by atoms with Gasteiger partial charge in [0.25, 0.3) is 0 Å². The summed E-state index contributed by atoms with van der Waals surface area (Å²) >= 11 is 13.1. The van der Waals surface area contributed by atoms with Gasteiger partial charge in [0.2, 0.25) is 0 Å². The van der Waals surface area contributed by atoms with E-state index in [0.717, 1.165) is 29.1 Å². The van der Waals surface area contributed by atoms with E-state index in [1.54, 1.807) is 31.4 Å². The molecule has 3 heterocycles. The number of anilines is 1. The van der Waals surface area contributed by atoms with Gasteiger partial charge in [-0.2, -0.15) is 0 Å². The molecular weight excluding hydrogens is 511 g/mol. The van der Waals surface area contributed by atoms with Crippen molar-refractivity contribution >= 4 is 34.7 Å². The second-order valence-electron chi connectivity index (χ2n) is 8.79. The van der Waals surface area contributed by atoms with Crippen LogP contribution in [-0.2, 0) is 13.1 Å². The van der Waals surface area contributed by atoms with Gasteiger partial charge in [0, 0.05) is 37.1 Å². The first-order valence-corrected chi connectivity index (χ1v) is 12.8. The number of halogens is 2. The van der Waals surface area contributed by atoms with Crippen LogP contribution in [0.25, 0.3) is 11.4 Å². The first-order chi connectivity index (χ1) is 17.9. The summed E-state index contributed by atoms with van der Waals surface area (Å²) in [5.74, 6) is 1.68. The Labute approximate surface area is 226 Å². The number of aliphatic hydroxyl groups excluding tert-OH is 1. The fraction of sp³-hybridized carbons (Fsp3) is 0.333. The minimum Gasteiger partial charge on any atom is -0.491 e. The summed E-state index contributed by atoms with van der Waals surface area (Å²) in [6.45, 7) is 5.40. The third-order valence-electron chi connectivity index (χ3n) is 6.17. The summed E-state index contributed by atoms with van der Waals surface area (Å²) < 4.78 is 5.83. The highest BCUT2D eigenvalue weighted by molar-refractivity contribution is 6.46. The molecule has 10 heteroatoms. The summed E-state index contributed by atoms with van der Waals surface area (Å²) in [5, 5.41) is 10.8. The van der Waals surface area contributed by atoms with Gasteiger partial charge in [-0.05, 0) is 43.2 Å². The van der Waals surface area contributed by atoms with Gasteiger partial charge in [-0.15, -0.1) is 0 Å². The molecule has 1 aliphatic rings. The topological polar surface area (TPSA) is 110 Å². The van der Waals surface area contributed by atoms with Crippen molar-refractivity contribution in [2.75, 3.05) is 18.6 Å². The van der Waals surface area contributed by atoms with E-state index < -0.39 is 6.10 Å². The number of fused-ring (bicyclic) bond motifs is 1. The molecule has 0 fully saturated rings. The number of rotatable bonds is 9. The predicted octanol–water partition coefficient (Wildman–Crippen LogP) is 5.02. The number of allylic oxidation sites excluding steroid dienone is 1. The lowest BCUT2D eigenvalue weighted by molar-refractivity contribution is 0.0994. The van der Waals surface area contributed by atoms with Gasteiger partial charge >= 0.3 is 0 Å². The highest BCUT2D eigenvalue weighted by Gasteiger charge is 2.27. The number of aromatic nitrogens is 3. The SMILES string of the molecule is CCC[C@@H](O)COc1ccc(Cl)c(-c2nc(C(=NC)C(Cl)=CN)c(C)c(N3Cc4cccnc4C3)n2)c1. The Morgan fingerprint density at radius 2 is 2.11 bits per heavy atom. The van der Waals surface area contributed by atoms with Crippen LogP contribution in [0.1, 0.15) is 42.3 Å². The van der Waals surface area contributed by atoms with Crippen LogP contribution in [0.4, 0.5) is 5.82 Å². The van der Waals surface area contributed by atoms with Crippen LogP contribution in [0.3, 0.4) is 0 Å². The lowest BCUT2D eigenvalue weighted by Crippen LogP contribution is -2.21. The molecule has 4 rings (SSSR count). The molecule has 194 valence electrons. The highest BCUT2D eigenvalue weighted by Crippen LogP contribution is 2.35. The van der Waals surface area contributed by atoms with E-state index in [9.17, 15) is 5.11 Å². The Bertz CT molecular complexity index is 1320. The van der Waals surface area contributed by atoms with Crippen molar-refractivity contribution in [2.45, 2.75) is 45.9 Å². The van der Waals surface area contributed by atoms with Crippen LogP contribution >= 0.6 is 23.2 Å². The maximum atomic E-state index is 10.1. The fourth-order valence-corrected chi connectivity index (χ4v) is 4.67.